The number of rotatable bonds is 5. The molecule has 1 aromatic carbocycles. The van der Waals surface area contributed by atoms with Crippen LogP contribution < -0.4 is 0 Å². The van der Waals surface area contributed by atoms with Gasteiger partial charge in [-0.05, 0) is 50.6 Å². The summed E-state index contributed by atoms with van der Waals surface area (Å²) in [7, 11) is 3.44. The fourth-order valence-electron chi connectivity index (χ4n) is 3.32. The lowest BCUT2D eigenvalue weighted by Gasteiger charge is -2.28. The predicted molar refractivity (Wildman–Crippen MR) is 107 cm³/mol. The Bertz CT molecular complexity index is 970. The number of carbonyl (C=O) groups is 1. The number of amides is 1. The molecule has 0 aliphatic rings. The fraction of sp³-hybridized carbons (Fsp3) is 0.318. The van der Waals surface area contributed by atoms with E-state index in [4.69, 9.17) is 4.74 Å². The summed E-state index contributed by atoms with van der Waals surface area (Å²) in [5.74, 6) is -0.0543. The molecule has 0 saturated heterocycles. The minimum Gasteiger partial charge on any atom is -0.382 e. The van der Waals surface area contributed by atoms with Crippen LogP contribution in [0.5, 0.6) is 0 Å². The van der Waals surface area contributed by atoms with E-state index in [1.165, 1.54) is 0 Å². The van der Waals surface area contributed by atoms with Crippen LogP contribution in [0.25, 0.3) is 10.9 Å². The zero-order chi connectivity index (χ0) is 19.6. The van der Waals surface area contributed by atoms with E-state index in [2.05, 4.69) is 9.97 Å². The van der Waals surface area contributed by atoms with Crippen LogP contribution in [0.1, 0.15) is 38.9 Å². The Labute approximate surface area is 160 Å². The summed E-state index contributed by atoms with van der Waals surface area (Å²) in [6.45, 7) is 6.29. The maximum atomic E-state index is 13.5. The Morgan fingerprint density at radius 1 is 1.19 bits per heavy atom. The molecule has 0 bridgehead atoms. The van der Waals surface area contributed by atoms with Crippen molar-refractivity contribution in [1.82, 2.24) is 14.9 Å². The number of aryl methyl sites for hydroxylation is 2. The van der Waals surface area contributed by atoms with Gasteiger partial charge in [0.25, 0.3) is 5.91 Å². The van der Waals surface area contributed by atoms with Gasteiger partial charge in [0, 0.05) is 31.4 Å². The number of hydrogen-bond donors (Lipinski definition) is 0. The van der Waals surface area contributed by atoms with E-state index in [9.17, 15) is 4.79 Å². The molecular formula is C22H25N3O2. The normalized spacial score (nSPS) is 12.2. The van der Waals surface area contributed by atoms with E-state index in [1.54, 1.807) is 25.3 Å². The third kappa shape index (κ3) is 3.69. The predicted octanol–water partition coefficient (Wildman–Crippen LogP) is 4.01. The molecule has 0 saturated carbocycles. The summed E-state index contributed by atoms with van der Waals surface area (Å²) in [5, 5.41) is 0.882. The molecule has 1 atom stereocenters. The second-order valence-corrected chi connectivity index (χ2v) is 6.86. The topological polar surface area (TPSA) is 55.3 Å². The molecule has 1 amide bonds. The van der Waals surface area contributed by atoms with Gasteiger partial charge in [-0.1, -0.05) is 17.7 Å². The smallest absolute Gasteiger partial charge is 0.255 e. The van der Waals surface area contributed by atoms with Gasteiger partial charge in [0.2, 0.25) is 0 Å². The number of nitrogens with zero attached hydrogens (tertiary/aromatic N) is 3. The van der Waals surface area contributed by atoms with E-state index < -0.39 is 0 Å². The standard InChI is InChI=1S/C22H25N3O2/c1-14-9-10-18-17(12-14)21(15(2)16(3)24-18)22(26)25(4)20(13-27-5)19-8-6-7-11-23-19/h6-12,20H,13H2,1-5H3. The molecule has 0 aliphatic heterocycles. The van der Waals surface area contributed by atoms with Crippen LogP contribution in [-0.2, 0) is 4.74 Å². The van der Waals surface area contributed by atoms with Gasteiger partial charge in [-0.2, -0.15) is 0 Å². The number of hydrogen-bond acceptors (Lipinski definition) is 4. The molecule has 0 radical (unpaired) electrons. The van der Waals surface area contributed by atoms with Crippen LogP contribution in [0.4, 0.5) is 0 Å². The highest BCUT2D eigenvalue weighted by Gasteiger charge is 2.27. The number of pyridine rings is 2. The first-order valence-electron chi connectivity index (χ1n) is 8.98. The molecule has 2 heterocycles. The van der Waals surface area contributed by atoms with Gasteiger partial charge in [0.15, 0.2) is 0 Å². The number of aromatic nitrogens is 2. The molecule has 0 spiro atoms. The largest absolute Gasteiger partial charge is 0.382 e. The minimum absolute atomic E-state index is 0.0543. The molecule has 0 fully saturated rings. The summed E-state index contributed by atoms with van der Waals surface area (Å²) in [5.41, 5.74) is 5.20. The number of likely N-dealkylation sites (N-methyl/N-ethyl adjacent to an activating group) is 1. The van der Waals surface area contributed by atoms with Crippen LogP contribution in [0.2, 0.25) is 0 Å². The molecule has 140 valence electrons. The minimum atomic E-state index is -0.267. The van der Waals surface area contributed by atoms with Crippen molar-refractivity contribution < 1.29 is 9.53 Å². The third-order valence-corrected chi connectivity index (χ3v) is 4.98. The second kappa shape index (κ2) is 7.84. The van der Waals surface area contributed by atoms with Crippen molar-refractivity contribution in [3.63, 3.8) is 0 Å². The van der Waals surface area contributed by atoms with Gasteiger partial charge in [-0.3, -0.25) is 14.8 Å². The van der Waals surface area contributed by atoms with Gasteiger partial charge >= 0.3 is 0 Å². The quantitative estimate of drug-likeness (QED) is 0.687. The Morgan fingerprint density at radius 2 is 1.96 bits per heavy atom. The van der Waals surface area contributed by atoms with Crippen LogP contribution in [-0.4, -0.2) is 41.5 Å². The number of benzene rings is 1. The average Bonchev–Trinajstić information content (AvgIpc) is 2.67. The van der Waals surface area contributed by atoms with E-state index in [1.807, 2.05) is 57.2 Å². The summed E-state index contributed by atoms with van der Waals surface area (Å²) < 4.78 is 5.38. The Hall–Kier alpha value is -2.79. The summed E-state index contributed by atoms with van der Waals surface area (Å²) >= 11 is 0. The first-order chi connectivity index (χ1) is 12.9. The summed E-state index contributed by atoms with van der Waals surface area (Å²) in [6.07, 6.45) is 1.73. The van der Waals surface area contributed by atoms with Crippen LogP contribution in [0, 0.1) is 20.8 Å². The third-order valence-electron chi connectivity index (χ3n) is 4.98. The molecule has 0 N–H and O–H groups in total. The van der Waals surface area contributed by atoms with Crippen molar-refractivity contribution in [2.75, 3.05) is 20.8 Å². The van der Waals surface area contributed by atoms with E-state index in [-0.39, 0.29) is 11.9 Å². The number of carbonyl (C=O) groups excluding carboxylic acids is 1. The molecule has 3 rings (SSSR count). The van der Waals surface area contributed by atoms with Crippen molar-refractivity contribution in [3.05, 3.63) is 70.7 Å². The zero-order valence-electron chi connectivity index (χ0n) is 16.5. The molecular weight excluding hydrogens is 338 g/mol. The number of ether oxygens (including phenoxy) is 1. The molecule has 27 heavy (non-hydrogen) atoms. The highest BCUT2D eigenvalue weighted by Crippen LogP contribution is 2.28. The summed E-state index contributed by atoms with van der Waals surface area (Å²) in [4.78, 5) is 24.3. The van der Waals surface area contributed by atoms with Gasteiger partial charge in [-0.15, -0.1) is 0 Å². The first kappa shape index (κ1) is 19.0. The Balaban J connectivity index is 2.11. The van der Waals surface area contributed by atoms with E-state index >= 15 is 0 Å². The van der Waals surface area contributed by atoms with E-state index in [0.29, 0.717) is 12.2 Å². The van der Waals surface area contributed by atoms with Crippen molar-refractivity contribution >= 4 is 16.8 Å². The fourth-order valence-corrected chi connectivity index (χ4v) is 3.32. The Morgan fingerprint density at radius 3 is 2.63 bits per heavy atom. The van der Waals surface area contributed by atoms with Crippen molar-refractivity contribution in [3.8, 4) is 0 Å². The lowest BCUT2D eigenvalue weighted by Crippen LogP contribution is -2.35. The van der Waals surface area contributed by atoms with Crippen LogP contribution in [0.3, 0.4) is 0 Å². The maximum Gasteiger partial charge on any atom is 0.255 e. The van der Waals surface area contributed by atoms with E-state index in [0.717, 1.165) is 33.4 Å². The van der Waals surface area contributed by atoms with Gasteiger partial charge < -0.3 is 9.64 Å². The zero-order valence-corrected chi connectivity index (χ0v) is 16.5. The highest BCUT2D eigenvalue weighted by molar-refractivity contribution is 6.07. The summed E-state index contributed by atoms with van der Waals surface area (Å²) in [6, 6.07) is 11.5. The lowest BCUT2D eigenvalue weighted by atomic mass is 9.98. The van der Waals surface area contributed by atoms with Gasteiger partial charge in [0.1, 0.15) is 0 Å². The SMILES string of the molecule is COCC(c1ccccn1)N(C)C(=O)c1c(C)c(C)nc2ccc(C)cc12. The maximum absolute atomic E-state index is 13.5. The number of fused-ring (bicyclic) bond motifs is 1. The Kier molecular flexibility index (Phi) is 5.51. The molecule has 5 heteroatoms. The van der Waals surface area contributed by atoms with Crippen LogP contribution >= 0.6 is 0 Å². The van der Waals surface area contributed by atoms with Crippen molar-refractivity contribution in [1.29, 1.82) is 0 Å². The molecule has 3 aromatic rings. The number of methoxy groups -OCH3 is 1. The molecule has 2 aromatic heterocycles. The lowest BCUT2D eigenvalue weighted by molar-refractivity contribution is 0.0596. The van der Waals surface area contributed by atoms with Gasteiger partial charge in [-0.25, -0.2) is 0 Å². The molecule has 5 nitrogen and oxygen atoms in total. The first-order valence-corrected chi connectivity index (χ1v) is 8.98. The monoisotopic (exact) mass is 363 g/mol. The second-order valence-electron chi connectivity index (χ2n) is 6.86. The van der Waals surface area contributed by atoms with Gasteiger partial charge in [0.05, 0.1) is 29.4 Å². The van der Waals surface area contributed by atoms with Crippen LogP contribution in [0.15, 0.2) is 42.6 Å². The molecule has 1 unspecified atom stereocenters. The average molecular weight is 363 g/mol. The molecule has 0 aliphatic carbocycles. The van der Waals surface area contributed by atoms with Crippen molar-refractivity contribution in [2.24, 2.45) is 0 Å². The highest BCUT2D eigenvalue weighted by atomic mass is 16.5. The van der Waals surface area contributed by atoms with Crippen molar-refractivity contribution in [2.45, 2.75) is 26.8 Å².